The maximum Gasteiger partial charge on any atom is 0.274 e. The number of rotatable bonds is 4. The quantitative estimate of drug-likeness (QED) is 0.482. The van der Waals surface area contributed by atoms with E-state index >= 15 is 0 Å². The van der Waals surface area contributed by atoms with Gasteiger partial charge in [-0.25, -0.2) is 4.68 Å². The molecule has 1 heterocycles. The third-order valence-electron chi connectivity index (χ3n) is 3.96. The summed E-state index contributed by atoms with van der Waals surface area (Å²) in [6.45, 7) is 2.23. The molecule has 138 valence electrons. The molecule has 0 aliphatic rings. The lowest BCUT2D eigenvalue weighted by molar-refractivity contribution is 0.103. The van der Waals surface area contributed by atoms with Gasteiger partial charge in [0.05, 0.1) is 21.2 Å². The molecule has 0 saturated heterocycles. The summed E-state index contributed by atoms with van der Waals surface area (Å²) >= 11 is 24.5. The van der Waals surface area contributed by atoms with E-state index in [1.165, 1.54) is 23.0 Å². The lowest BCUT2D eigenvalue weighted by Crippen LogP contribution is -2.23. The van der Waals surface area contributed by atoms with Crippen LogP contribution in [0.3, 0.4) is 0 Å². The van der Waals surface area contributed by atoms with Crippen molar-refractivity contribution in [3.8, 4) is 11.1 Å². The van der Waals surface area contributed by atoms with Gasteiger partial charge in [0, 0.05) is 33.9 Å². The van der Waals surface area contributed by atoms with Gasteiger partial charge in [-0.05, 0) is 43.3 Å². The number of hydrogen-bond acceptors (Lipinski definition) is 3. The first kappa shape index (κ1) is 19.9. The van der Waals surface area contributed by atoms with Crippen LogP contribution in [0.2, 0.25) is 20.1 Å². The molecule has 0 fully saturated rings. The van der Waals surface area contributed by atoms with Gasteiger partial charge in [0.1, 0.15) is 0 Å². The van der Waals surface area contributed by atoms with Gasteiger partial charge in [-0.15, -0.1) is 0 Å². The molecule has 4 nitrogen and oxygen atoms in total. The van der Waals surface area contributed by atoms with Gasteiger partial charge in [-0.1, -0.05) is 46.4 Å². The van der Waals surface area contributed by atoms with E-state index in [0.29, 0.717) is 33.3 Å². The second-order valence-electron chi connectivity index (χ2n) is 5.63. The molecule has 3 aromatic rings. The van der Waals surface area contributed by atoms with Gasteiger partial charge in [0.25, 0.3) is 5.56 Å². The molecular weight excluding hydrogens is 430 g/mol. The molecule has 3 rings (SSSR count). The van der Waals surface area contributed by atoms with Crippen molar-refractivity contribution in [3.63, 3.8) is 0 Å². The highest BCUT2D eigenvalue weighted by atomic mass is 35.5. The Morgan fingerprint density at radius 1 is 0.963 bits per heavy atom. The van der Waals surface area contributed by atoms with Crippen LogP contribution in [0.4, 0.5) is 0 Å². The van der Waals surface area contributed by atoms with Crippen molar-refractivity contribution in [1.82, 2.24) is 9.78 Å². The van der Waals surface area contributed by atoms with Crippen molar-refractivity contribution in [2.75, 3.05) is 0 Å². The van der Waals surface area contributed by atoms with Crippen molar-refractivity contribution >= 4 is 52.2 Å². The van der Waals surface area contributed by atoms with Crippen LogP contribution in [0.15, 0.2) is 47.4 Å². The molecule has 0 radical (unpaired) electrons. The van der Waals surface area contributed by atoms with E-state index in [1.807, 2.05) is 6.92 Å². The Morgan fingerprint density at radius 3 is 2.26 bits per heavy atom. The summed E-state index contributed by atoms with van der Waals surface area (Å²) < 4.78 is 1.31. The lowest BCUT2D eigenvalue weighted by atomic mass is 9.98. The van der Waals surface area contributed by atoms with Crippen LogP contribution >= 0.6 is 46.4 Å². The summed E-state index contributed by atoms with van der Waals surface area (Å²) in [6, 6.07) is 9.10. The Kier molecular flexibility index (Phi) is 5.92. The van der Waals surface area contributed by atoms with Crippen molar-refractivity contribution in [2.45, 2.75) is 13.5 Å². The van der Waals surface area contributed by atoms with Crippen molar-refractivity contribution in [2.24, 2.45) is 0 Å². The summed E-state index contributed by atoms with van der Waals surface area (Å²) in [4.78, 5) is 25.5. The zero-order valence-corrected chi connectivity index (χ0v) is 17.0. The predicted octanol–water partition coefficient (Wildman–Crippen LogP) is 5.77. The topological polar surface area (TPSA) is 52.0 Å². The highest BCUT2D eigenvalue weighted by Gasteiger charge is 2.20. The molecule has 0 atom stereocenters. The second kappa shape index (κ2) is 8.03. The Hall–Kier alpha value is -1.85. The summed E-state index contributed by atoms with van der Waals surface area (Å²) in [6.07, 6.45) is 1.51. The smallest absolute Gasteiger partial charge is 0.274 e. The maximum absolute atomic E-state index is 13.0. The van der Waals surface area contributed by atoms with Crippen LogP contribution in [-0.4, -0.2) is 15.6 Å². The van der Waals surface area contributed by atoms with E-state index in [-0.39, 0.29) is 21.2 Å². The van der Waals surface area contributed by atoms with E-state index in [9.17, 15) is 9.59 Å². The van der Waals surface area contributed by atoms with Gasteiger partial charge in [0.2, 0.25) is 0 Å². The molecule has 0 bridgehead atoms. The molecule has 0 amide bonds. The van der Waals surface area contributed by atoms with Gasteiger partial charge in [-0.2, -0.15) is 5.10 Å². The van der Waals surface area contributed by atoms with E-state index in [1.54, 1.807) is 24.3 Å². The minimum absolute atomic E-state index is 0.136. The van der Waals surface area contributed by atoms with E-state index in [0.717, 1.165) is 0 Å². The van der Waals surface area contributed by atoms with Crippen LogP contribution in [0.5, 0.6) is 0 Å². The standard InChI is InChI=1S/C19H12Cl4N2O2/c1-2-25-19(27)12(5-6-24-25)13-7-10(3-4-14(13)21)18(26)17-15(22)8-11(20)9-16(17)23/h3-9H,2H2,1H3. The highest BCUT2D eigenvalue weighted by Crippen LogP contribution is 2.33. The average molecular weight is 442 g/mol. The van der Waals surface area contributed by atoms with E-state index < -0.39 is 5.78 Å². The van der Waals surface area contributed by atoms with E-state index in [2.05, 4.69) is 5.10 Å². The number of ketones is 1. The fourth-order valence-electron chi connectivity index (χ4n) is 2.66. The van der Waals surface area contributed by atoms with Crippen LogP contribution in [0, 0.1) is 0 Å². The van der Waals surface area contributed by atoms with Crippen molar-refractivity contribution in [1.29, 1.82) is 0 Å². The minimum Gasteiger partial charge on any atom is -0.288 e. The van der Waals surface area contributed by atoms with Crippen LogP contribution in [0.1, 0.15) is 22.8 Å². The third kappa shape index (κ3) is 3.90. The molecule has 27 heavy (non-hydrogen) atoms. The number of carbonyl (C=O) groups excluding carboxylic acids is 1. The van der Waals surface area contributed by atoms with Crippen LogP contribution < -0.4 is 5.56 Å². The summed E-state index contributed by atoms with van der Waals surface area (Å²) in [5, 5.41) is 4.95. The normalized spacial score (nSPS) is 10.9. The zero-order valence-electron chi connectivity index (χ0n) is 14.0. The monoisotopic (exact) mass is 440 g/mol. The molecule has 0 N–H and O–H groups in total. The number of nitrogens with zero attached hydrogens (tertiary/aromatic N) is 2. The number of aryl methyl sites for hydroxylation is 1. The first-order valence-electron chi connectivity index (χ1n) is 7.88. The first-order chi connectivity index (χ1) is 12.8. The Bertz CT molecular complexity index is 1090. The van der Waals surface area contributed by atoms with Crippen LogP contribution in [-0.2, 0) is 6.54 Å². The molecule has 0 aliphatic carbocycles. The van der Waals surface area contributed by atoms with Gasteiger partial charge in [-0.3, -0.25) is 9.59 Å². The summed E-state index contributed by atoms with van der Waals surface area (Å²) in [5.74, 6) is -0.399. The molecule has 2 aromatic carbocycles. The fourth-order valence-corrected chi connectivity index (χ4v) is 3.87. The summed E-state index contributed by atoms with van der Waals surface area (Å²) in [7, 11) is 0. The van der Waals surface area contributed by atoms with E-state index in [4.69, 9.17) is 46.4 Å². The minimum atomic E-state index is -0.399. The molecular formula is C19H12Cl4N2O2. The SMILES string of the molecule is CCn1nccc(-c2cc(C(=O)c3c(Cl)cc(Cl)cc3Cl)ccc2Cl)c1=O. The molecule has 1 aromatic heterocycles. The maximum atomic E-state index is 13.0. The number of carbonyl (C=O) groups is 1. The van der Waals surface area contributed by atoms with Crippen molar-refractivity contribution in [3.05, 3.63) is 84.2 Å². The number of benzene rings is 2. The largest absolute Gasteiger partial charge is 0.288 e. The molecule has 8 heteroatoms. The predicted molar refractivity (Wildman–Crippen MR) is 110 cm³/mol. The Labute approximate surface area is 175 Å². The highest BCUT2D eigenvalue weighted by molar-refractivity contribution is 6.43. The van der Waals surface area contributed by atoms with Crippen molar-refractivity contribution < 1.29 is 4.79 Å². The molecule has 0 spiro atoms. The van der Waals surface area contributed by atoms with Gasteiger partial charge >= 0.3 is 0 Å². The summed E-state index contributed by atoms with van der Waals surface area (Å²) in [5.41, 5.74) is 0.906. The Balaban J connectivity index is 2.15. The van der Waals surface area contributed by atoms with Crippen LogP contribution in [0.25, 0.3) is 11.1 Å². The molecule has 0 aliphatic heterocycles. The third-order valence-corrected chi connectivity index (χ3v) is 5.11. The number of hydrogen-bond donors (Lipinski definition) is 0. The second-order valence-corrected chi connectivity index (χ2v) is 7.29. The first-order valence-corrected chi connectivity index (χ1v) is 9.40. The number of halogens is 4. The number of aromatic nitrogens is 2. The fraction of sp³-hybridized carbons (Fsp3) is 0.105. The molecule has 0 saturated carbocycles. The van der Waals surface area contributed by atoms with Gasteiger partial charge < -0.3 is 0 Å². The average Bonchev–Trinajstić information content (AvgIpc) is 2.61. The zero-order chi connectivity index (χ0) is 19.7. The van der Waals surface area contributed by atoms with Gasteiger partial charge in [0.15, 0.2) is 5.78 Å². The molecule has 0 unspecified atom stereocenters. The lowest BCUT2D eigenvalue weighted by Gasteiger charge is -2.10. The Morgan fingerprint density at radius 2 is 1.63 bits per heavy atom.